The van der Waals surface area contributed by atoms with Gasteiger partial charge in [-0.3, -0.25) is 9.89 Å². The van der Waals surface area contributed by atoms with Gasteiger partial charge in [0.05, 0.1) is 26.9 Å². The van der Waals surface area contributed by atoms with E-state index in [0.717, 1.165) is 69.8 Å². The van der Waals surface area contributed by atoms with Crippen molar-refractivity contribution in [2.45, 2.75) is 18.9 Å². The molecular formula is C20H33IN4O3. The Morgan fingerprint density at radius 3 is 2.57 bits per heavy atom. The molecular weight excluding hydrogens is 471 g/mol. The quantitative estimate of drug-likeness (QED) is 0.266. The molecule has 0 aromatic heterocycles. The van der Waals surface area contributed by atoms with Crippen LogP contribution in [0.1, 0.15) is 12.8 Å². The molecule has 0 saturated carbocycles. The zero-order valence-electron chi connectivity index (χ0n) is 16.9. The highest BCUT2D eigenvalue weighted by molar-refractivity contribution is 14.0. The summed E-state index contributed by atoms with van der Waals surface area (Å²) < 4.78 is 16.4. The van der Waals surface area contributed by atoms with E-state index in [1.54, 1.807) is 7.11 Å². The summed E-state index contributed by atoms with van der Waals surface area (Å²) in [5.41, 5.74) is 0. The lowest BCUT2D eigenvalue weighted by Crippen LogP contribution is -2.46. The topological polar surface area (TPSA) is 58.6 Å². The van der Waals surface area contributed by atoms with Crippen LogP contribution in [-0.2, 0) is 4.74 Å². The van der Waals surface area contributed by atoms with Gasteiger partial charge < -0.3 is 24.4 Å². The number of benzene rings is 1. The summed E-state index contributed by atoms with van der Waals surface area (Å²) in [5.74, 6) is 2.71. The lowest BCUT2D eigenvalue weighted by molar-refractivity contribution is 0.0195. The monoisotopic (exact) mass is 504 g/mol. The third kappa shape index (κ3) is 6.66. The maximum Gasteiger partial charge on any atom is 0.193 e. The number of morpholine rings is 1. The third-order valence-corrected chi connectivity index (χ3v) is 5.17. The Balaban J connectivity index is 0.00000280. The number of hydrogen-bond acceptors (Lipinski definition) is 5. The molecule has 2 heterocycles. The van der Waals surface area contributed by atoms with E-state index < -0.39 is 0 Å². The van der Waals surface area contributed by atoms with Crippen molar-refractivity contribution < 1.29 is 14.2 Å². The van der Waals surface area contributed by atoms with E-state index in [4.69, 9.17) is 14.2 Å². The first-order valence-corrected chi connectivity index (χ1v) is 9.84. The number of guanidine groups is 1. The minimum atomic E-state index is 0. The van der Waals surface area contributed by atoms with Crippen molar-refractivity contribution in [3.63, 3.8) is 0 Å². The van der Waals surface area contributed by atoms with E-state index in [-0.39, 0.29) is 24.0 Å². The van der Waals surface area contributed by atoms with Crippen molar-refractivity contribution in [2.75, 3.05) is 66.7 Å². The minimum Gasteiger partial charge on any atom is -0.497 e. The Morgan fingerprint density at radius 1 is 1.18 bits per heavy atom. The van der Waals surface area contributed by atoms with Gasteiger partial charge in [0.1, 0.15) is 11.5 Å². The summed E-state index contributed by atoms with van der Waals surface area (Å²) in [7, 11) is 3.52. The smallest absolute Gasteiger partial charge is 0.193 e. The summed E-state index contributed by atoms with van der Waals surface area (Å²) in [6.45, 7) is 7.44. The standard InChI is InChI=1S/C20H32N4O3.HI/c1-21-20(24-10-8-17(16-24)23-11-14-26-15-12-23)22-9-3-13-27-19-6-4-18(25-2)5-7-19;/h4-7,17H,3,8-16H2,1-2H3,(H,21,22);1H. The van der Waals surface area contributed by atoms with Crippen molar-refractivity contribution in [1.82, 2.24) is 15.1 Å². The second kappa shape index (κ2) is 12.3. The number of rotatable bonds is 7. The van der Waals surface area contributed by atoms with Gasteiger partial charge in [-0.25, -0.2) is 0 Å². The molecule has 0 amide bonds. The molecule has 1 atom stereocenters. The number of hydrogen-bond donors (Lipinski definition) is 1. The van der Waals surface area contributed by atoms with Crippen LogP contribution in [0, 0.1) is 0 Å². The first-order chi connectivity index (χ1) is 13.3. The predicted molar refractivity (Wildman–Crippen MR) is 122 cm³/mol. The van der Waals surface area contributed by atoms with Crippen LogP contribution < -0.4 is 14.8 Å². The molecule has 2 aliphatic heterocycles. The fourth-order valence-corrected chi connectivity index (χ4v) is 3.64. The largest absolute Gasteiger partial charge is 0.497 e. The SMILES string of the molecule is CN=C(NCCCOc1ccc(OC)cc1)N1CCC(N2CCOCC2)C1.I. The fraction of sp³-hybridized carbons (Fsp3) is 0.650. The van der Waals surface area contributed by atoms with Gasteiger partial charge in [0.2, 0.25) is 0 Å². The van der Waals surface area contributed by atoms with E-state index in [9.17, 15) is 0 Å². The molecule has 8 heteroatoms. The molecule has 0 spiro atoms. The van der Waals surface area contributed by atoms with Crippen LogP contribution >= 0.6 is 24.0 Å². The highest BCUT2D eigenvalue weighted by Gasteiger charge is 2.30. The van der Waals surface area contributed by atoms with E-state index in [0.29, 0.717) is 12.6 Å². The Morgan fingerprint density at radius 2 is 1.89 bits per heavy atom. The molecule has 0 aliphatic carbocycles. The Kier molecular flexibility index (Phi) is 10.1. The average Bonchev–Trinajstić information content (AvgIpc) is 3.22. The molecule has 0 radical (unpaired) electrons. The number of aliphatic imine (C=N–C) groups is 1. The third-order valence-electron chi connectivity index (χ3n) is 5.17. The molecule has 1 unspecified atom stereocenters. The summed E-state index contributed by atoms with van der Waals surface area (Å²) in [6, 6.07) is 8.30. The van der Waals surface area contributed by atoms with Crippen molar-refractivity contribution >= 4 is 29.9 Å². The second-order valence-electron chi connectivity index (χ2n) is 6.89. The maximum absolute atomic E-state index is 5.78. The number of ether oxygens (including phenoxy) is 3. The molecule has 2 aliphatic rings. The van der Waals surface area contributed by atoms with Crippen LogP contribution in [0.15, 0.2) is 29.3 Å². The molecule has 7 nitrogen and oxygen atoms in total. The Bertz CT molecular complexity index is 594. The zero-order valence-corrected chi connectivity index (χ0v) is 19.3. The summed E-state index contributed by atoms with van der Waals surface area (Å²) >= 11 is 0. The van der Waals surface area contributed by atoms with Gasteiger partial charge in [-0.05, 0) is 37.1 Å². The maximum atomic E-state index is 5.78. The highest BCUT2D eigenvalue weighted by Crippen LogP contribution is 2.18. The number of methoxy groups -OCH3 is 1. The minimum absolute atomic E-state index is 0. The number of nitrogens with one attached hydrogen (secondary N) is 1. The van der Waals surface area contributed by atoms with Crippen molar-refractivity contribution in [3.8, 4) is 11.5 Å². The lowest BCUT2D eigenvalue weighted by Gasteiger charge is -2.32. The zero-order chi connectivity index (χ0) is 18.9. The van der Waals surface area contributed by atoms with Crippen LogP contribution in [-0.4, -0.2) is 88.5 Å². The highest BCUT2D eigenvalue weighted by atomic mass is 127. The van der Waals surface area contributed by atoms with Gasteiger partial charge in [0.15, 0.2) is 5.96 Å². The van der Waals surface area contributed by atoms with Crippen molar-refractivity contribution in [2.24, 2.45) is 4.99 Å². The Hall–Kier alpha value is -1.26. The first-order valence-electron chi connectivity index (χ1n) is 9.84. The molecule has 0 bridgehead atoms. The Labute approximate surface area is 185 Å². The van der Waals surface area contributed by atoms with Crippen molar-refractivity contribution in [1.29, 1.82) is 0 Å². The summed E-state index contributed by atoms with van der Waals surface area (Å²) in [5, 5.41) is 3.47. The molecule has 1 aromatic carbocycles. The van der Waals surface area contributed by atoms with Crippen LogP contribution in [0.4, 0.5) is 0 Å². The molecule has 1 aromatic rings. The van der Waals surface area contributed by atoms with E-state index in [1.807, 2.05) is 31.3 Å². The van der Waals surface area contributed by atoms with E-state index >= 15 is 0 Å². The van der Waals surface area contributed by atoms with E-state index in [2.05, 4.69) is 20.1 Å². The van der Waals surface area contributed by atoms with Crippen molar-refractivity contribution in [3.05, 3.63) is 24.3 Å². The molecule has 3 rings (SSSR count). The average molecular weight is 504 g/mol. The van der Waals surface area contributed by atoms with Crippen LogP contribution in [0.2, 0.25) is 0 Å². The van der Waals surface area contributed by atoms with Gasteiger partial charge in [-0.1, -0.05) is 0 Å². The molecule has 2 fully saturated rings. The lowest BCUT2D eigenvalue weighted by atomic mass is 10.2. The van der Waals surface area contributed by atoms with Gasteiger partial charge in [0.25, 0.3) is 0 Å². The van der Waals surface area contributed by atoms with Crippen LogP contribution in [0.5, 0.6) is 11.5 Å². The predicted octanol–water partition coefficient (Wildman–Crippen LogP) is 2.06. The van der Waals surface area contributed by atoms with Gasteiger partial charge in [0, 0.05) is 45.8 Å². The number of halogens is 1. The van der Waals surface area contributed by atoms with E-state index in [1.165, 1.54) is 6.42 Å². The molecule has 1 N–H and O–H groups in total. The molecule has 28 heavy (non-hydrogen) atoms. The van der Waals surface area contributed by atoms with Gasteiger partial charge in [-0.15, -0.1) is 24.0 Å². The number of nitrogens with zero attached hydrogens (tertiary/aromatic N) is 3. The molecule has 2 saturated heterocycles. The van der Waals surface area contributed by atoms with Crippen LogP contribution in [0.3, 0.4) is 0 Å². The first kappa shape index (κ1) is 23.0. The fourth-order valence-electron chi connectivity index (χ4n) is 3.64. The van der Waals surface area contributed by atoms with Gasteiger partial charge in [-0.2, -0.15) is 0 Å². The second-order valence-corrected chi connectivity index (χ2v) is 6.89. The normalized spacial score (nSPS) is 20.6. The summed E-state index contributed by atoms with van der Waals surface area (Å²) in [6.07, 6.45) is 2.12. The molecule has 158 valence electrons. The number of likely N-dealkylation sites (tertiary alicyclic amines) is 1. The summed E-state index contributed by atoms with van der Waals surface area (Å²) in [4.78, 5) is 9.38. The van der Waals surface area contributed by atoms with Crippen LogP contribution in [0.25, 0.3) is 0 Å². The van der Waals surface area contributed by atoms with Gasteiger partial charge >= 0.3 is 0 Å².